The molecule has 0 aliphatic carbocycles. The van der Waals surface area contributed by atoms with Gasteiger partial charge in [-0.3, -0.25) is 24.1 Å². The topological polar surface area (TPSA) is 129 Å². The third-order valence-electron chi connectivity index (χ3n) is 3.24. The molecule has 0 unspecified atom stereocenters. The van der Waals surface area contributed by atoms with Crippen molar-refractivity contribution in [3.63, 3.8) is 0 Å². The van der Waals surface area contributed by atoms with Crippen molar-refractivity contribution in [3.8, 4) is 5.88 Å². The van der Waals surface area contributed by atoms with Gasteiger partial charge >= 0.3 is 5.69 Å². The van der Waals surface area contributed by atoms with Crippen LogP contribution in [0.15, 0.2) is 39.2 Å². The van der Waals surface area contributed by atoms with Crippen LogP contribution in [0.4, 0.5) is 0 Å². The highest BCUT2D eigenvalue weighted by Gasteiger charge is 2.12. The monoisotopic (exact) mass is 331 g/mol. The lowest BCUT2D eigenvalue weighted by Crippen LogP contribution is -2.32. The Bertz CT molecular complexity index is 854. The number of unbranched alkanes of at least 4 members (excludes halogenated alkanes) is 1. The first-order chi connectivity index (χ1) is 11.5. The van der Waals surface area contributed by atoms with Gasteiger partial charge in [0.1, 0.15) is 5.56 Å². The van der Waals surface area contributed by atoms with E-state index < -0.39 is 23.0 Å². The van der Waals surface area contributed by atoms with Crippen molar-refractivity contribution in [2.24, 2.45) is 5.10 Å². The minimum Gasteiger partial charge on any atom is -0.494 e. The van der Waals surface area contributed by atoms with Crippen molar-refractivity contribution in [3.05, 3.63) is 56.5 Å². The molecular weight excluding hydrogens is 314 g/mol. The molecule has 9 nitrogen and oxygen atoms in total. The zero-order chi connectivity index (χ0) is 17.5. The molecule has 0 radical (unpaired) electrons. The molecule has 0 atom stereocenters. The molecule has 0 bridgehead atoms. The van der Waals surface area contributed by atoms with E-state index in [4.69, 9.17) is 0 Å². The van der Waals surface area contributed by atoms with Crippen molar-refractivity contribution < 1.29 is 9.90 Å². The Balaban J connectivity index is 2.21. The summed E-state index contributed by atoms with van der Waals surface area (Å²) in [6, 6.07) is 3.00. The normalized spacial score (nSPS) is 10.9. The van der Waals surface area contributed by atoms with Gasteiger partial charge in [0.15, 0.2) is 0 Å². The maximum atomic E-state index is 11.8. The smallest absolute Gasteiger partial charge is 0.331 e. The number of hydrazone groups is 1. The Morgan fingerprint density at radius 3 is 2.79 bits per heavy atom. The lowest BCUT2D eigenvalue weighted by atomic mass is 10.3. The Morgan fingerprint density at radius 2 is 2.12 bits per heavy atom. The predicted molar refractivity (Wildman–Crippen MR) is 87.2 cm³/mol. The fraction of sp³-hybridized carbons (Fsp3) is 0.267. The fourth-order valence-electron chi connectivity index (χ4n) is 1.94. The molecular formula is C15H17N5O4. The molecule has 0 saturated carbocycles. The lowest BCUT2D eigenvalue weighted by molar-refractivity contribution is 0.0955. The molecule has 2 aromatic heterocycles. The highest BCUT2D eigenvalue weighted by Crippen LogP contribution is 2.08. The Morgan fingerprint density at radius 1 is 1.42 bits per heavy atom. The number of nitrogens with zero attached hydrogens (tertiary/aromatic N) is 3. The first-order valence-corrected chi connectivity index (χ1v) is 7.34. The summed E-state index contributed by atoms with van der Waals surface area (Å²) in [4.78, 5) is 41.2. The highest BCUT2D eigenvalue weighted by molar-refractivity contribution is 5.94. The number of nitrogens with one attached hydrogen (secondary N) is 2. The van der Waals surface area contributed by atoms with Crippen LogP contribution in [-0.4, -0.2) is 31.8 Å². The third-order valence-corrected chi connectivity index (χ3v) is 3.24. The molecule has 2 aromatic rings. The number of hydrogen-bond donors (Lipinski definition) is 3. The molecule has 2 rings (SSSR count). The van der Waals surface area contributed by atoms with E-state index in [9.17, 15) is 19.5 Å². The number of aromatic nitrogens is 3. The van der Waals surface area contributed by atoms with E-state index in [1.165, 1.54) is 24.5 Å². The average molecular weight is 331 g/mol. The third kappa shape index (κ3) is 3.94. The van der Waals surface area contributed by atoms with Crippen LogP contribution in [0.3, 0.4) is 0 Å². The average Bonchev–Trinajstić information content (AvgIpc) is 2.58. The van der Waals surface area contributed by atoms with Crippen LogP contribution in [0, 0.1) is 0 Å². The molecule has 0 fully saturated rings. The molecule has 0 aliphatic rings. The predicted octanol–water partition coefficient (Wildman–Crippen LogP) is 0.201. The zero-order valence-electron chi connectivity index (χ0n) is 13.0. The van der Waals surface area contributed by atoms with Gasteiger partial charge in [0.2, 0.25) is 5.88 Å². The second-order valence-corrected chi connectivity index (χ2v) is 4.94. The zero-order valence-corrected chi connectivity index (χ0v) is 13.0. The lowest BCUT2D eigenvalue weighted by Gasteiger charge is -2.08. The van der Waals surface area contributed by atoms with Gasteiger partial charge in [0.25, 0.3) is 11.5 Å². The van der Waals surface area contributed by atoms with Gasteiger partial charge in [-0.15, -0.1) is 0 Å². The van der Waals surface area contributed by atoms with Gasteiger partial charge < -0.3 is 5.11 Å². The summed E-state index contributed by atoms with van der Waals surface area (Å²) in [5.74, 6) is -0.983. The van der Waals surface area contributed by atoms with E-state index in [1.807, 2.05) is 6.92 Å². The molecule has 0 spiro atoms. The first-order valence-electron chi connectivity index (χ1n) is 7.34. The molecule has 3 N–H and O–H groups in total. The van der Waals surface area contributed by atoms with Gasteiger partial charge in [-0.1, -0.05) is 13.3 Å². The molecule has 126 valence electrons. The maximum Gasteiger partial charge on any atom is 0.331 e. The second-order valence-electron chi connectivity index (χ2n) is 4.94. The van der Waals surface area contributed by atoms with Crippen LogP contribution < -0.4 is 16.7 Å². The van der Waals surface area contributed by atoms with Crippen LogP contribution in [0.1, 0.15) is 35.7 Å². The summed E-state index contributed by atoms with van der Waals surface area (Å²) in [5, 5.41) is 13.7. The Kier molecular flexibility index (Phi) is 5.61. The van der Waals surface area contributed by atoms with Gasteiger partial charge in [-0.25, -0.2) is 10.2 Å². The standard InChI is InChI=1S/C15H17N5O4/c1-2-3-8-20-14(23)11(13(22)18-15(20)24)9-17-19-12(21)10-4-6-16-7-5-10/h4-7,9,23H,2-3,8H2,1H3,(H,19,21)(H,18,22,24)/b17-9+. The molecule has 0 aromatic carbocycles. The van der Waals surface area contributed by atoms with E-state index >= 15 is 0 Å². The van der Waals surface area contributed by atoms with Gasteiger partial charge in [-0.05, 0) is 18.6 Å². The first kappa shape index (κ1) is 17.1. The number of carbonyl (C=O) groups excluding carboxylic acids is 1. The quantitative estimate of drug-likeness (QED) is 0.514. The minimum atomic E-state index is -0.785. The van der Waals surface area contributed by atoms with E-state index in [1.54, 1.807) is 0 Å². The number of amides is 1. The number of rotatable bonds is 6. The Hall–Kier alpha value is -3.23. The van der Waals surface area contributed by atoms with Crippen molar-refractivity contribution >= 4 is 12.1 Å². The van der Waals surface area contributed by atoms with Crippen LogP contribution in [0.5, 0.6) is 5.88 Å². The van der Waals surface area contributed by atoms with Crippen molar-refractivity contribution in [2.75, 3.05) is 0 Å². The molecule has 0 aliphatic heterocycles. The summed E-state index contributed by atoms with van der Waals surface area (Å²) >= 11 is 0. The van der Waals surface area contributed by atoms with E-state index in [0.29, 0.717) is 12.0 Å². The number of hydrogen-bond acceptors (Lipinski definition) is 6. The summed E-state index contributed by atoms with van der Waals surface area (Å²) in [5.41, 5.74) is 0.888. The van der Waals surface area contributed by atoms with Gasteiger partial charge in [-0.2, -0.15) is 5.10 Å². The second kappa shape index (κ2) is 7.86. The Labute approximate surface area is 136 Å². The van der Waals surface area contributed by atoms with Crippen LogP contribution in [0.2, 0.25) is 0 Å². The number of aromatic hydroxyl groups is 1. The number of H-pyrrole nitrogens is 1. The van der Waals surface area contributed by atoms with Crippen molar-refractivity contribution in [2.45, 2.75) is 26.3 Å². The molecule has 1 amide bonds. The van der Waals surface area contributed by atoms with Crippen molar-refractivity contribution in [1.29, 1.82) is 0 Å². The number of aromatic amines is 1. The fourth-order valence-corrected chi connectivity index (χ4v) is 1.94. The summed E-state index contributed by atoms with van der Waals surface area (Å²) < 4.78 is 1.05. The summed E-state index contributed by atoms with van der Waals surface area (Å²) in [6.45, 7) is 2.20. The van der Waals surface area contributed by atoms with Crippen LogP contribution in [-0.2, 0) is 6.54 Å². The highest BCUT2D eigenvalue weighted by atomic mass is 16.3. The van der Waals surface area contributed by atoms with E-state index in [-0.39, 0.29) is 12.1 Å². The van der Waals surface area contributed by atoms with Gasteiger partial charge in [0.05, 0.1) is 6.21 Å². The van der Waals surface area contributed by atoms with Crippen molar-refractivity contribution in [1.82, 2.24) is 20.0 Å². The van der Waals surface area contributed by atoms with Crippen LogP contribution in [0.25, 0.3) is 0 Å². The maximum absolute atomic E-state index is 11.8. The molecule has 9 heteroatoms. The number of pyridine rings is 1. The van der Waals surface area contributed by atoms with E-state index in [0.717, 1.165) is 17.2 Å². The number of carbonyl (C=O) groups is 1. The summed E-state index contributed by atoms with van der Waals surface area (Å²) in [6.07, 6.45) is 5.39. The largest absolute Gasteiger partial charge is 0.494 e. The SMILES string of the molecule is CCCCn1c(O)c(/C=N/NC(=O)c2ccncc2)c(=O)[nH]c1=O. The minimum absolute atomic E-state index is 0.208. The molecule has 2 heterocycles. The molecule has 24 heavy (non-hydrogen) atoms. The molecule has 0 saturated heterocycles. The summed E-state index contributed by atoms with van der Waals surface area (Å²) in [7, 11) is 0. The van der Waals surface area contributed by atoms with Gasteiger partial charge in [0, 0.05) is 24.5 Å². The van der Waals surface area contributed by atoms with Crippen LogP contribution >= 0.6 is 0 Å². The van der Waals surface area contributed by atoms with E-state index in [2.05, 4.69) is 20.5 Å².